The Hall–Kier alpha value is -1.02. The molecule has 67 heavy (non-hydrogen) atoms. The first-order valence-corrected chi connectivity index (χ1v) is 24.5. The maximum Gasteiger partial charge on any atom is 0.187 e. The number of rotatable bonds is 14. The van der Waals surface area contributed by atoms with Crippen molar-refractivity contribution >= 4 is 0 Å². The highest BCUT2D eigenvalue weighted by Crippen LogP contribution is 2.75. The summed E-state index contributed by atoms with van der Waals surface area (Å²) in [7, 11) is 0. The molecule has 25 unspecified atom stereocenters. The molecule has 19 heteroatoms. The second-order valence-electron chi connectivity index (χ2n) is 23.1. The Labute approximate surface area is 393 Å². The molecule has 0 radical (unpaired) electrons. The summed E-state index contributed by atoms with van der Waals surface area (Å²) < 4.78 is 35.3. The fourth-order valence-electron chi connectivity index (χ4n) is 14.2. The molecular weight excluding hydrogens is 881 g/mol. The molecule has 7 rings (SSSR count). The predicted molar refractivity (Wildman–Crippen MR) is 235 cm³/mol. The fraction of sp³-hybridized carbons (Fsp3) is 0.958. The Morgan fingerprint density at radius 2 is 1.21 bits per heavy atom. The van der Waals surface area contributed by atoms with Crippen molar-refractivity contribution < 1.29 is 94.8 Å². The smallest absolute Gasteiger partial charge is 0.187 e. The molecule has 0 aromatic carbocycles. The number of allylic oxidation sites excluding steroid dienone is 1. The topological polar surface area (TPSA) is 318 Å². The van der Waals surface area contributed by atoms with Crippen LogP contribution in [0.5, 0.6) is 0 Å². The molecule has 0 bridgehead atoms. The first-order valence-electron chi connectivity index (χ1n) is 24.5. The van der Waals surface area contributed by atoms with E-state index in [9.17, 15) is 66.4 Å². The number of aliphatic hydroxyl groups excluding tert-OH is 12. The predicted octanol–water partition coefficient (Wildman–Crippen LogP) is -1.06. The molecule has 0 amide bonds. The van der Waals surface area contributed by atoms with Crippen LogP contribution in [0.15, 0.2) is 11.6 Å². The summed E-state index contributed by atoms with van der Waals surface area (Å²) in [5.74, 6) is 0.547. The summed E-state index contributed by atoms with van der Waals surface area (Å²) in [6, 6.07) is 0. The second-order valence-corrected chi connectivity index (χ2v) is 23.1. The van der Waals surface area contributed by atoms with Crippen molar-refractivity contribution in [3.05, 3.63) is 11.6 Å². The first-order chi connectivity index (χ1) is 31.2. The lowest BCUT2D eigenvalue weighted by atomic mass is 9.38. The third-order valence-electron chi connectivity index (χ3n) is 18.7. The highest BCUT2D eigenvalue weighted by Gasteiger charge is 2.70. The van der Waals surface area contributed by atoms with E-state index in [0.717, 1.165) is 25.7 Å². The van der Waals surface area contributed by atoms with Gasteiger partial charge in [-0.05, 0) is 99.7 Å². The largest absolute Gasteiger partial charge is 0.394 e. The lowest BCUT2D eigenvalue weighted by Gasteiger charge is -2.67. The lowest BCUT2D eigenvalue weighted by molar-refractivity contribution is -0.341. The van der Waals surface area contributed by atoms with Crippen LogP contribution in [0.1, 0.15) is 107 Å². The average Bonchev–Trinajstić information content (AvgIpc) is 3.54. The Balaban J connectivity index is 1.01. The van der Waals surface area contributed by atoms with Crippen LogP contribution in [0.2, 0.25) is 0 Å². The Kier molecular flexibility index (Phi) is 15.9. The minimum absolute atomic E-state index is 0.0596. The third kappa shape index (κ3) is 9.24. The molecule has 13 N–H and O–H groups in total. The van der Waals surface area contributed by atoms with Crippen molar-refractivity contribution in [2.45, 2.75) is 223 Å². The van der Waals surface area contributed by atoms with Crippen molar-refractivity contribution in [2.75, 3.05) is 19.8 Å². The van der Waals surface area contributed by atoms with Gasteiger partial charge in [0.05, 0.1) is 43.7 Å². The van der Waals surface area contributed by atoms with E-state index in [-0.39, 0.29) is 34.5 Å². The summed E-state index contributed by atoms with van der Waals surface area (Å²) in [5, 5.41) is 138. The molecule has 3 saturated carbocycles. The lowest BCUT2D eigenvalue weighted by Crippen LogP contribution is -2.65. The summed E-state index contributed by atoms with van der Waals surface area (Å²) in [6.45, 7) is 14.8. The molecule has 3 aliphatic heterocycles. The zero-order chi connectivity index (χ0) is 49.5. The SMILES string of the molecule is CC(CCC(OC1OC(COC2OC(CO)C(O)C(O)C2O)C(O)C(O)C1O)C(C)(C)O)C1CCC2(C)C3CC=C4C(CCC(OC5OC(CO)C(O)C(O)C5O)C4(C)C)C3(C)C(O)CC12C. The van der Waals surface area contributed by atoms with Gasteiger partial charge in [-0.3, -0.25) is 0 Å². The van der Waals surface area contributed by atoms with E-state index < -0.39 is 147 Å². The Bertz CT molecular complexity index is 1710. The molecule has 6 fully saturated rings. The quantitative estimate of drug-likeness (QED) is 0.0924. The minimum atomic E-state index is -1.75. The molecule has 3 saturated heterocycles. The normalized spacial score (nSPS) is 51.0. The van der Waals surface area contributed by atoms with Crippen molar-refractivity contribution in [3.63, 3.8) is 0 Å². The number of hydrogen-bond acceptors (Lipinski definition) is 19. The molecular formula is C48H82O19. The first kappa shape index (κ1) is 53.8. The van der Waals surface area contributed by atoms with Crippen molar-refractivity contribution in [1.82, 2.24) is 0 Å². The number of hydrogen-bond donors (Lipinski definition) is 13. The number of aliphatic hydroxyl groups is 13. The summed E-state index contributed by atoms with van der Waals surface area (Å²) in [6.07, 6.45) is -16.7. The summed E-state index contributed by atoms with van der Waals surface area (Å²) in [4.78, 5) is 0. The monoisotopic (exact) mass is 963 g/mol. The molecule has 19 nitrogen and oxygen atoms in total. The van der Waals surface area contributed by atoms with Crippen molar-refractivity contribution in [3.8, 4) is 0 Å². The highest BCUT2D eigenvalue weighted by molar-refractivity contribution is 5.32. The van der Waals surface area contributed by atoms with Gasteiger partial charge >= 0.3 is 0 Å². The highest BCUT2D eigenvalue weighted by atomic mass is 16.7. The maximum absolute atomic E-state index is 12.6. The molecule has 4 aliphatic carbocycles. The number of fused-ring (bicyclic) bond motifs is 5. The van der Waals surface area contributed by atoms with Gasteiger partial charge in [0.25, 0.3) is 0 Å². The van der Waals surface area contributed by atoms with Gasteiger partial charge in [0, 0.05) is 10.8 Å². The Morgan fingerprint density at radius 1 is 0.672 bits per heavy atom. The molecule has 388 valence electrons. The molecule has 25 atom stereocenters. The van der Waals surface area contributed by atoms with Gasteiger partial charge in [0.15, 0.2) is 18.9 Å². The number of ether oxygens (including phenoxy) is 6. The minimum Gasteiger partial charge on any atom is -0.394 e. The van der Waals surface area contributed by atoms with Crippen LogP contribution in [0.3, 0.4) is 0 Å². The van der Waals surface area contributed by atoms with E-state index in [1.165, 1.54) is 5.57 Å². The fourth-order valence-corrected chi connectivity index (χ4v) is 14.2. The molecule has 0 aromatic rings. The van der Waals surface area contributed by atoms with Crippen molar-refractivity contribution in [2.24, 2.45) is 45.3 Å². The summed E-state index contributed by atoms with van der Waals surface area (Å²) in [5.41, 5.74) is -1.60. The van der Waals surface area contributed by atoms with E-state index in [1.54, 1.807) is 13.8 Å². The third-order valence-corrected chi connectivity index (χ3v) is 18.7. The Morgan fingerprint density at radius 3 is 1.79 bits per heavy atom. The molecule has 0 aromatic heterocycles. The van der Waals surface area contributed by atoms with Crippen LogP contribution in [-0.2, 0) is 28.4 Å². The van der Waals surface area contributed by atoms with Crippen LogP contribution in [0, 0.1) is 45.3 Å². The van der Waals surface area contributed by atoms with Gasteiger partial charge in [-0.25, -0.2) is 0 Å². The van der Waals surface area contributed by atoms with Crippen molar-refractivity contribution in [1.29, 1.82) is 0 Å². The molecule has 0 spiro atoms. The van der Waals surface area contributed by atoms with E-state index in [2.05, 4.69) is 47.6 Å². The van der Waals surface area contributed by atoms with Gasteiger partial charge in [-0.1, -0.05) is 53.2 Å². The van der Waals surface area contributed by atoms with Crippen LogP contribution in [-0.4, -0.2) is 202 Å². The van der Waals surface area contributed by atoms with Gasteiger partial charge < -0.3 is 94.8 Å². The standard InChI is InChI=1S/C48H82O19/c1-21(9-13-31(45(4,5)61)67-43-40(60)37(57)34(54)27(65-43)20-62-41-38(58)35(55)32(52)25(18-49)63-41)22-15-16-46(6)28-12-10-23-24(48(28,8)29(51)17-47(22,46)7)11-14-30(44(23,2)3)66-42-39(59)36(56)33(53)26(19-50)64-42/h10,21-22,24-43,49-61H,9,11-20H2,1-8H3. The van der Waals surface area contributed by atoms with Crippen LogP contribution >= 0.6 is 0 Å². The molecule has 7 aliphatic rings. The van der Waals surface area contributed by atoms with Crippen LogP contribution in [0.25, 0.3) is 0 Å². The zero-order valence-electron chi connectivity index (χ0n) is 40.3. The average molecular weight is 963 g/mol. The summed E-state index contributed by atoms with van der Waals surface area (Å²) >= 11 is 0. The van der Waals surface area contributed by atoms with Crippen LogP contribution < -0.4 is 0 Å². The molecule has 3 heterocycles. The second kappa shape index (κ2) is 19.8. The van der Waals surface area contributed by atoms with E-state index >= 15 is 0 Å². The zero-order valence-corrected chi connectivity index (χ0v) is 40.3. The van der Waals surface area contributed by atoms with E-state index in [1.807, 2.05) is 0 Å². The van der Waals surface area contributed by atoms with E-state index in [4.69, 9.17) is 28.4 Å². The van der Waals surface area contributed by atoms with Gasteiger partial charge in [0.1, 0.15) is 73.2 Å². The van der Waals surface area contributed by atoms with Gasteiger partial charge in [0.2, 0.25) is 0 Å². The van der Waals surface area contributed by atoms with Gasteiger partial charge in [-0.2, -0.15) is 0 Å². The van der Waals surface area contributed by atoms with Gasteiger partial charge in [-0.15, -0.1) is 0 Å². The van der Waals surface area contributed by atoms with Crippen LogP contribution in [0.4, 0.5) is 0 Å². The van der Waals surface area contributed by atoms with E-state index in [0.29, 0.717) is 25.7 Å². The maximum atomic E-state index is 12.6.